The number of nitrogens with zero attached hydrogens (tertiary/aromatic N) is 3. The Morgan fingerprint density at radius 1 is 1.41 bits per heavy atom. The Morgan fingerprint density at radius 3 is 3.00 bits per heavy atom. The maximum absolute atomic E-state index is 9.60. The van der Waals surface area contributed by atoms with Crippen molar-refractivity contribution < 1.29 is 9.63 Å². The largest absolute Gasteiger partial charge is 0.393 e. The van der Waals surface area contributed by atoms with Gasteiger partial charge in [-0.15, -0.1) is 0 Å². The summed E-state index contributed by atoms with van der Waals surface area (Å²) < 4.78 is 5.42. The Balaban J connectivity index is 1.71. The molecule has 0 saturated carbocycles. The number of benzene rings is 1. The molecule has 0 aliphatic carbocycles. The zero-order valence-electron chi connectivity index (χ0n) is 13.2. The summed E-state index contributed by atoms with van der Waals surface area (Å²) in [5.74, 6) is 1.30. The van der Waals surface area contributed by atoms with Crippen LogP contribution < -0.4 is 0 Å². The molecule has 1 saturated heterocycles. The van der Waals surface area contributed by atoms with Crippen LogP contribution in [0.25, 0.3) is 11.5 Å². The van der Waals surface area contributed by atoms with Crippen molar-refractivity contribution >= 4 is 0 Å². The molecule has 2 aromatic rings. The highest BCUT2D eigenvalue weighted by molar-refractivity contribution is 5.57. The molecule has 2 unspecified atom stereocenters. The monoisotopic (exact) mass is 301 g/mol. The van der Waals surface area contributed by atoms with E-state index < -0.39 is 0 Å². The molecule has 1 N–H and O–H groups in total. The fourth-order valence-electron chi connectivity index (χ4n) is 3.19. The third kappa shape index (κ3) is 3.36. The number of aliphatic hydroxyl groups is 1. The minimum absolute atomic E-state index is 0.265. The number of aryl methyl sites for hydroxylation is 1. The second-order valence-corrected chi connectivity index (χ2v) is 6.18. The highest BCUT2D eigenvalue weighted by Gasteiger charge is 2.27. The molecule has 22 heavy (non-hydrogen) atoms. The summed E-state index contributed by atoms with van der Waals surface area (Å²) in [7, 11) is 0. The van der Waals surface area contributed by atoms with Gasteiger partial charge in [-0.2, -0.15) is 4.98 Å². The average molecular weight is 301 g/mol. The summed E-state index contributed by atoms with van der Waals surface area (Å²) in [6.07, 6.45) is 2.84. The predicted molar refractivity (Wildman–Crippen MR) is 84.2 cm³/mol. The van der Waals surface area contributed by atoms with Gasteiger partial charge in [0.25, 0.3) is 5.89 Å². The van der Waals surface area contributed by atoms with Crippen molar-refractivity contribution in [2.24, 2.45) is 0 Å². The second kappa shape index (κ2) is 6.58. The minimum atomic E-state index is -0.265. The van der Waals surface area contributed by atoms with Gasteiger partial charge in [0.05, 0.1) is 12.6 Å². The molecule has 2 atom stereocenters. The summed E-state index contributed by atoms with van der Waals surface area (Å²) in [6, 6.07) is 8.43. The number of aromatic nitrogens is 2. The van der Waals surface area contributed by atoms with Crippen molar-refractivity contribution in [2.45, 2.75) is 51.8 Å². The van der Waals surface area contributed by atoms with Crippen LogP contribution in [-0.4, -0.2) is 38.8 Å². The Labute approximate surface area is 131 Å². The van der Waals surface area contributed by atoms with Gasteiger partial charge >= 0.3 is 0 Å². The van der Waals surface area contributed by atoms with E-state index in [2.05, 4.69) is 15.0 Å². The Bertz CT molecular complexity index is 624. The van der Waals surface area contributed by atoms with E-state index in [1.165, 1.54) is 6.42 Å². The smallest absolute Gasteiger partial charge is 0.258 e. The normalized spacial score (nSPS) is 20.4. The summed E-state index contributed by atoms with van der Waals surface area (Å²) in [5, 5.41) is 13.7. The number of likely N-dealkylation sites (tertiary alicyclic amines) is 1. The molecule has 1 aromatic carbocycles. The van der Waals surface area contributed by atoms with Crippen molar-refractivity contribution in [3.63, 3.8) is 0 Å². The first-order chi connectivity index (χ1) is 10.6. The van der Waals surface area contributed by atoms with Crippen LogP contribution in [-0.2, 0) is 6.54 Å². The summed E-state index contributed by atoms with van der Waals surface area (Å²) >= 11 is 0. The first-order valence-electron chi connectivity index (χ1n) is 7.94. The molecule has 5 heteroatoms. The molecular formula is C17H23N3O2. The van der Waals surface area contributed by atoms with E-state index in [0.29, 0.717) is 18.5 Å². The predicted octanol–water partition coefficient (Wildman–Crippen LogP) is 2.78. The van der Waals surface area contributed by atoms with Gasteiger partial charge in [0.2, 0.25) is 0 Å². The van der Waals surface area contributed by atoms with Crippen molar-refractivity contribution in [1.82, 2.24) is 15.0 Å². The van der Waals surface area contributed by atoms with Crippen molar-refractivity contribution in [2.75, 3.05) is 6.54 Å². The second-order valence-electron chi connectivity index (χ2n) is 6.18. The lowest BCUT2D eigenvalue weighted by atomic mass is 10.1. The van der Waals surface area contributed by atoms with Crippen LogP contribution in [0.2, 0.25) is 0 Å². The van der Waals surface area contributed by atoms with E-state index in [1.807, 2.05) is 38.1 Å². The third-order valence-corrected chi connectivity index (χ3v) is 4.30. The standard InChI is InChI=1S/C17H23N3O2/c1-12-6-3-4-8-15(12)17-18-16(19-22-17)11-20-9-5-7-14(20)10-13(2)21/h3-4,6,8,13-14,21H,5,7,9-11H2,1-2H3. The lowest BCUT2D eigenvalue weighted by Gasteiger charge is -2.23. The van der Waals surface area contributed by atoms with E-state index >= 15 is 0 Å². The first-order valence-corrected chi connectivity index (χ1v) is 7.94. The zero-order valence-corrected chi connectivity index (χ0v) is 13.2. The molecule has 1 aromatic heterocycles. The molecule has 0 amide bonds. The summed E-state index contributed by atoms with van der Waals surface area (Å²) in [4.78, 5) is 6.88. The fourth-order valence-corrected chi connectivity index (χ4v) is 3.19. The lowest BCUT2D eigenvalue weighted by molar-refractivity contribution is 0.129. The molecule has 1 fully saturated rings. The quantitative estimate of drug-likeness (QED) is 0.920. The van der Waals surface area contributed by atoms with Gasteiger partial charge in [-0.25, -0.2) is 0 Å². The van der Waals surface area contributed by atoms with E-state index in [4.69, 9.17) is 4.52 Å². The van der Waals surface area contributed by atoms with Gasteiger partial charge in [0.1, 0.15) is 0 Å². The minimum Gasteiger partial charge on any atom is -0.393 e. The molecule has 118 valence electrons. The molecule has 1 aliphatic heterocycles. The maximum atomic E-state index is 9.60. The Morgan fingerprint density at radius 2 is 2.23 bits per heavy atom. The third-order valence-electron chi connectivity index (χ3n) is 4.30. The number of rotatable bonds is 5. The average Bonchev–Trinajstić information content (AvgIpc) is 3.10. The van der Waals surface area contributed by atoms with Crippen LogP contribution in [0, 0.1) is 6.92 Å². The Kier molecular flexibility index (Phi) is 4.55. The van der Waals surface area contributed by atoms with Crippen molar-refractivity contribution in [3.8, 4) is 11.5 Å². The molecule has 0 spiro atoms. The van der Waals surface area contributed by atoms with Gasteiger partial charge in [-0.1, -0.05) is 23.4 Å². The van der Waals surface area contributed by atoms with Gasteiger partial charge < -0.3 is 9.63 Å². The fraction of sp³-hybridized carbons (Fsp3) is 0.529. The number of hydrogen-bond acceptors (Lipinski definition) is 5. The van der Waals surface area contributed by atoms with E-state index in [1.54, 1.807) is 0 Å². The van der Waals surface area contributed by atoms with Gasteiger partial charge in [-0.05, 0) is 51.3 Å². The first kappa shape index (κ1) is 15.2. The molecule has 0 radical (unpaired) electrons. The van der Waals surface area contributed by atoms with Crippen LogP contribution in [0.15, 0.2) is 28.8 Å². The Hall–Kier alpha value is -1.72. The molecule has 2 heterocycles. The maximum Gasteiger partial charge on any atom is 0.258 e. The van der Waals surface area contributed by atoms with Gasteiger partial charge in [0, 0.05) is 11.6 Å². The van der Waals surface area contributed by atoms with E-state index in [-0.39, 0.29) is 6.10 Å². The molecule has 0 bridgehead atoms. The van der Waals surface area contributed by atoms with Crippen LogP contribution in [0.4, 0.5) is 0 Å². The van der Waals surface area contributed by atoms with E-state index in [0.717, 1.165) is 36.3 Å². The van der Waals surface area contributed by atoms with E-state index in [9.17, 15) is 5.11 Å². The molecule has 1 aliphatic rings. The molecular weight excluding hydrogens is 278 g/mol. The summed E-state index contributed by atoms with van der Waals surface area (Å²) in [5.41, 5.74) is 2.12. The molecule has 3 rings (SSSR count). The highest BCUT2D eigenvalue weighted by Crippen LogP contribution is 2.25. The van der Waals surface area contributed by atoms with Crippen molar-refractivity contribution in [3.05, 3.63) is 35.7 Å². The van der Waals surface area contributed by atoms with Crippen LogP contribution >= 0.6 is 0 Å². The lowest BCUT2D eigenvalue weighted by Crippen LogP contribution is -2.31. The highest BCUT2D eigenvalue weighted by atomic mass is 16.5. The number of aliphatic hydroxyl groups excluding tert-OH is 1. The molecule has 5 nitrogen and oxygen atoms in total. The van der Waals surface area contributed by atoms with Gasteiger partial charge in [0.15, 0.2) is 5.82 Å². The zero-order chi connectivity index (χ0) is 15.5. The van der Waals surface area contributed by atoms with Crippen LogP contribution in [0.1, 0.15) is 37.6 Å². The summed E-state index contributed by atoms with van der Waals surface area (Å²) in [6.45, 7) is 5.61. The number of hydrogen-bond donors (Lipinski definition) is 1. The topological polar surface area (TPSA) is 62.4 Å². The van der Waals surface area contributed by atoms with Crippen LogP contribution in [0.5, 0.6) is 0 Å². The SMILES string of the molecule is Cc1ccccc1-c1nc(CN2CCCC2CC(C)O)no1. The van der Waals surface area contributed by atoms with Gasteiger partial charge in [-0.3, -0.25) is 4.90 Å². The van der Waals surface area contributed by atoms with Crippen molar-refractivity contribution in [1.29, 1.82) is 0 Å². The van der Waals surface area contributed by atoms with Crippen LogP contribution in [0.3, 0.4) is 0 Å².